The Kier molecular flexibility index (Phi) is 4.28. The molecule has 8 heteroatoms. The molecule has 3 heterocycles. The van der Waals surface area contributed by atoms with Crippen LogP contribution in [0.1, 0.15) is 39.3 Å². The largest absolute Gasteiger partial charge is 0.338 e. The van der Waals surface area contributed by atoms with Gasteiger partial charge in [0.15, 0.2) is 0 Å². The van der Waals surface area contributed by atoms with Crippen molar-refractivity contribution in [1.29, 1.82) is 0 Å². The van der Waals surface area contributed by atoms with Crippen LogP contribution in [-0.2, 0) is 15.0 Å². The highest BCUT2D eigenvalue weighted by Crippen LogP contribution is 2.27. The fourth-order valence-electron chi connectivity index (χ4n) is 2.62. The maximum absolute atomic E-state index is 13.0. The number of amides is 2. The maximum Gasteiger partial charge on any atom is 0.250 e. The van der Waals surface area contributed by atoms with E-state index in [0.717, 1.165) is 6.20 Å². The average Bonchev–Trinajstić information content (AvgIpc) is 3.15. The van der Waals surface area contributed by atoms with Gasteiger partial charge in [-0.3, -0.25) is 19.8 Å². The average molecular weight is 346 g/mol. The number of rotatable bonds is 3. The van der Waals surface area contributed by atoms with Crippen LogP contribution in [0.15, 0.2) is 28.9 Å². The van der Waals surface area contributed by atoms with Crippen molar-refractivity contribution in [3.63, 3.8) is 0 Å². The Bertz CT molecular complexity index is 795. The van der Waals surface area contributed by atoms with Gasteiger partial charge in [-0.05, 0) is 18.6 Å². The van der Waals surface area contributed by atoms with Crippen LogP contribution in [0.25, 0.3) is 0 Å². The van der Waals surface area contributed by atoms with Crippen molar-refractivity contribution in [2.75, 3.05) is 10.2 Å². The first-order chi connectivity index (χ1) is 11.8. The molecule has 0 aromatic carbocycles. The van der Waals surface area contributed by atoms with E-state index in [0.29, 0.717) is 12.1 Å². The second-order valence-corrected chi connectivity index (χ2v) is 6.97. The van der Waals surface area contributed by atoms with Crippen molar-refractivity contribution in [1.82, 2.24) is 10.1 Å². The minimum atomic E-state index is -0.728. The van der Waals surface area contributed by atoms with Gasteiger partial charge in [0.05, 0.1) is 11.9 Å². The van der Waals surface area contributed by atoms with Gasteiger partial charge in [-0.25, -0.2) is 9.37 Å². The van der Waals surface area contributed by atoms with Crippen molar-refractivity contribution in [3.05, 3.63) is 35.9 Å². The van der Waals surface area contributed by atoms with Crippen LogP contribution in [0, 0.1) is 5.82 Å². The van der Waals surface area contributed by atoms with Crippen molar-refractivity contribution >= 4 is 23.5 Å². The highest BCUT2D eigenvalue weighted by Gasteiger charge is 2.38. The molecule has 0 spiro atoms. The van der Waals surface area contributed by atoms with Crippen LogP contribution in [-0.4, -0.2) is 28.0 Å². The molecule has 1 N–H and O–H groups in total. The van der Waals surface area contributed by atoms with Crippen LogP contribution < -0.4 is 10.2 Å². The van der Waals surface area contributed by atoms with E-state index in [1.165, 1.54) is 17.0 Å². The lowest BCUT2D eigenvalue weighted by Gasteiger charge is -2.22. The van der Waals surface area contributed by atoms with Crippen LogP contribution in [0.3, 0.4) is 0 Å². The first-order valence-corrected chi connectivity index (χ1v) is 7.97. The Morgan fingerprint density at radius 2 is 2.16 bits per heavy atom. The van der Waals surface area contributed by atoms with Gasteiger partial charge in [0.1, 0.15) is 17.7 Å². The Hall–Kier alpha value is -2.77. The molecule has 2 aromatic heterocycles. The molecule has 1 atom stereocenters. The summed E-state index contributed by atoms with van der Waals surface area (Å²) in [4.78, 5) is 29.9. The third kappa shape index (κ3) is 3.52. The lowest BCUT2D eigenvalue weighted by Crippen LogP contribution is -2.42. The van der Waals surface area contributed by atoms with E-state index < -0.39 is 17.8 Å². The Labute approximate surface area is 144 Å². The number of hydrogen-bond donors (Lipinski definition) is 1. The lowest BCUT2D eigenvalue weighted by atomic mass is 9.92. The van der Waals surface area contributed by atoms with Gasteiger partial charge >= 0.3 is 0 Å². The molecule has 1 fully saturated rings. The standard InChI is InChI=1S/C17H19FN4O3/c1-17(2,3)12-8-14(25-21-12)20-16(24)11-5-7-15(23)22(11)13-6-4-10(18)9-19-13/h4,6,8-9,11H,5,7H2,1-3H3,(H,20,24). The molecule has 0 radical (unpaired) electrons. The summed E-state index contributed by atoms with van der Waals surface area (Å²) in [6.07, 6.45) is 1.59. The molecular weight excluding hydrogens is 327 g/mol. The van der Waals surface area contributed by atoms with Crippen LogP contribution in [0.4, 0.5) is 16.1 Å². The Morgan fingerprint density at radius 3 is 2.76 bits per heavy atom. The molecule has 0 bridgehead atoms. The number of hydrogen-bond acceptors (Lipinski definition) is 5. The van der Waals surface area contributed by atoms with E-state index in [-0.39, 0.29) is 29.4 Å². The molecule has 1 aliphatic heterocycles. The molecule has 1 unspecified atom stereocenters. The number of aromatic nitrogens is 2. The number of pyridine rings is 1. The predicted octanol–water partition coefficient (Wildman–Crippen LogP) is 2.64. The number of halogens is 1. The van der Waals surface area contributed by atoms with Gasteiger partial charge in [-0.1, -0.05) is 25.9 Å². The number of carbonyl (C=O) groups is 2. The smallest absolute Gasteiger partial charge is 0.250 e. The topological polar surface area (TPSA) is 88.3 Å². The predicted molar refractivity (Wildman–Crippen MR) is 88.5 cm³/mol. The van der Waals surface area contributed by atoms with Gasteiger partial charge in [0.2, 0.25) is 17.7 Å². The second-order valence-electron chi connectivity index (χ2n) is 6.97. The summed E-state index contributed by atoms with van der Waals surface area (Å²) in [5.41, 5.74) is 0.502. The molecular formula is C17H19FN4O3. The van der Waals surface area contributed by atoms with Gasteiger partial charge in [-0.15, -0.1) is 0 Å². The minimum Gasteiger partial charge on any atom is -0.338 e. The fourth-order valence-corrected chi connectivity index (χ4v) is 2.62. The fraction of sp³-hybridized carbons (Fsp3) is 0.412. The molecule has 132 valence electrons. The first-order valence-electron chi connectivity index (χ1n) is 7.97. The monoisotopic (exact) mass is 346 g/mol. The number of carbonyl (C=O) groups excluding carboxylic acids is 2. The molecule has 0 aliphatic carbocycles. The zero-order valence-electron chi connectivity index (χ0n) is 14.2. The van der Waals surface area contributed by atoms with Crippen LogP contribution in [0.5, 0.6) is 0 Å². The summed E-state index contributed by atoms with van der Waals surface area (Å²) < 4.78 is 18.2. The second kappa shape index (κ2) is 6.27. The van der Waals surface area contributed by atoms with Crippen molar-refractivity contribution < 1.29 is 18.5 Å². The van der Waals surface area contributed by atoms with E-state index in [2.05, 4.69) is 15.5 Å². The Balaban J connectivity index is 1.77. The van der Waals surface area contributed by atoms with Crippen molar-refractivity contribution in [2.24, 2.45) is 0 Å². The third-order valence-electron chi connectivity index (χ3n) is 4.00. The van der Waals surface area contributed by atoms with Crippen molar-refractivity contribution in [3.8, 4) is 0 Å². The zero-order valence-corrected chi connectivity index (χ0v) is 14.2. The molecule has 3 rings (SSSR count). The molecule has 7 nitrogen and oxygen atoms in total. The van der Waals surface area contributed by atoms with Crippen LogP contribution >= 0.6 is 0 Å². The van der Waals surface area contributed by atoms with E-state index in [1.54, 1.807) is 6.07 Å². The highest BCUT2D eigenvalue weighted by molar-refractivity contribution is 6.06. The quantitative estimate of drug-likeness (QED) is 0.923. The van der Waals surface area contributed by atoms with Gasteiger partial charge in [0, 0.05) is 17.9 Å². The SMILES string of the molecule is CC(C)(C)c1cc(NC(=O)C2CCC(=O)N2c2ccc(F)cn2)on1. The number of nitrogens with one attached hydrogen (secondary N) is 1. The lowest BCUT2D eigenvalue weighted by molar-refractivity contribution is -0.120. The van der Waals surface area contributed by atoms with E-state index in [4.69, 9.17) is 4.52 Å². The summed E-state index contributed by atoms with van der Waals surface area (Å²) in [7, 11) is 0. The summed E-state index contributed by atoms with van der Waals surface area (Å²) in [6, 6.07) is 3.52. The van der Waals surface area contributed by atoms with Gasteiger partial charge in [0.25, 0.3) is 0 Å². The number of nitrogens with zero attached hydrogens (tertiary/aromatic N) is 3. The molecule has 25 heavy (non-hydrogen) atoms. The summed E-state index contributed by atoms with van der Waals surface area (Å²) in [5, 5.41) is 6.59. The van der Waals surface area contributed by atoms with E-state index in [1.807, 2.05) is 20.8 Å². The zero-order chi connectivity index (χ0) is 18.2. The first kappa shape index (κ1) is 17.1. The highest BCUT2D eigenvalue weighted by atomic mass is 19.1. The third-order valence-corrected chi connectivity index (χ3v) is 4.00. The van der Waals surface area contributed by atoms with E-state index >= 15 is 0 Å². The molecule has 0 saturated carbocycles. The minimum absolute atomic E-state index is 0.208. The maximum atomic E-state index is 13.0. The number of anilines is 2. The normalized spacial score (nSPS) is 17.8. The van der Waals surface area contributed by atoms with Crippen molar-refractivity contribution in [2.45, 2.75) is 45.1 Å². The summed E-state index contributed by atoms with van der Waals surface area (Å²) in [5.74, 6) is -0.660. The van der Waals surface area contributed by atoms with Gasteiger partial charge < -0.3 is 4.52 Å². The molecule has 2 amide bonds. The van der Waals surface area contributed by atoms with Gasteiger partial charge in [-0.2, -0.15) is 0 Å². The van der Waals surface area contributed by atoms with Crippen LogP contribution in [0.2, 0.25) is 0 Å². The summed E-state index contributed by atoms with van der Waals surface area (Å²) in [6.45, 7) is 5.94. The molecule has 2 aromatic rings. The van der Waals surface area contributed by atoms with E-state index in [9.17, 15) is 14.0 Å². The molecule has 1 aliphatic rings. The molecule has 1 saturated heterocycles. The summed E-state index contributed by atoms with van der Waals surface area (Å²) >= 11 is 0. The Morgan fingerprint density at radius 1 is 1.40 bits per heavy atom.